The van der Waals surface area contributed by atoms with E-state index in [4.69, 9.17) is 0 Å². The third kappa shape index (κ3) is 3.79. The highest BCUT2D eigenvalue weighted by atomic mass is 32.2. The van der Waals surface area contributed by atoms with Crippen molar-refractivity contribution >= 4 is 17.3 Å². The largest absolute Gasteiger partial charge is 0.222 e. The molecule has 0 spiro atoms. The van der Waals surface area contributed by atoms with Gasteiger partial charge in [0.05, 0.1) is 0 Å². The first kappa shape index (κ1) is 11.1. The summed E-state index contributed by atoms with van der Waals surface area (Å²) in [7, 11) is 0. The summed E-state index contributed by atoms with van der Waals surface area (Å²) in [6, 6.07) is 10.5. The van der Waals surface area contributed by atoms with Crippen molar-refractivity contribution < 1.29 is 4.58 Å². The van der Waals surface area contributed by atoms with Crippen LogP contribution >= 0.6 is 11.8 Å². The molecule has 0 aromatic heterocycles. The van der Waals surface area contributed by atoms with Gasteiger partial charge in [0.1, 0.15) is 0 Å². The first-order valence-electron chi connectivity index (χ1n) is 4.62. The molecule has 1 aromatic carbocycles. The van der Waals surface area contributed by atoms with Crippen LogP contribution in [0.3, 0.4) is 0 Å². The number of benzene rings is 1. The summed E-state index contributed by atoms with van der Waals surface area (Å²) >= 11 is 1.72. The third-order valence-electron chi connectivity index (χ3n) is 1.85. The van der Waals surface area contributed by atoms with E-state index in [1.54, 1.807) is 11.8 Å². The van der Waals surface area contributed by atoms with Gasteiger partial charge < -0.3 is 0 Å². The minimum Gasteiger partial charge on any atom is -0.222 e. The highest BCUT2D eigenvalue weighted by Gasteiger charge is 2.01. The smallest absolute Gasteiger partial charge is 0.198 e. The Morgan fingerprint density at radius 1 is 1.36 bits per heavy atom. The van der Waals surface area contributed by atoms with Gasteiger partial charge in [-0.2, -0.15) is 0 Å². The van der Waals surface area contributed by atoms with Gasteiger partial charge in [-0.1, -0.05) is 48.7 Å². The zero-order valence-corrected chi connectivity index (χ0v) is 9.33. The quantitative estimate of drug-likeness (QED) is 0.310. The first-order valence-corrected chi connectivity index (χ1v) is 5.90. The Kier molecular flexibility index (Phi) is 5.08. The lowest BCUT2D eigenvalue weighted by molar-refractivity contribution is -0.527. The van der Waals surface area contributed by atoms with Gasteiger partial charge in [-0.25, -0.2) is 4.58 Å². The van der Waals surface area contributed by atoms with Crippen molar-refractivity contribution in [3.05, 3.63) is 48.6 Å². The van der Waals surface area contributed by atoms with Crippen molar-refractivity contribution in [1.29, 1.82) is 0 Å². The van der Waals surface area contributed by atoms with Crippen LogP contribution in [0.5, 0.6) is 0 Å². The van der Waals surface area contributed by atoms with E-state index in [1.165, 1.54) is 5.56 Å². The van der Waals surface area contributed by atoms with Crippen molar-refractivity contribution in [2.75, 3.05) is 12.8 Å². The maximum Gasteiger partial charge on any atom is 0.198 e. The Hall–Kier alpha value is -1.02. The van der Waals surface area contributed by atoms with Gasteiger partial charge in [0.2, 0.25) is 0 Å². The molecular weight excluding hydrogens is 190 g/mol. The average molecular weight is 206 g/mol. The van der Waals surface area contributed by atoms with Gasteiger partial charge in [0.15, 0.2) is 18.6 Å². The molecule has 2 heteroatoms. The SMILES string of the molecule is C=CC[N+](=CSC)Cc1ccccc1. The van der Waals surface area contributed by atoms with Crippen LogP contribution in [-0.4, -0.2) is 22.9 Å². The number of thioether (sulfide) groups is 1. The minimum absolute atomic E-state index is 0.899. The fraction of sp³-hybridized carbons (Fsp3) is 0.250. The molecule has 74 valence electrons. The molecule has 0 radical (unpaired) electrons. The molecule has 14 heavy (non-hydrogen) atoms. The van der Waals surface area contributed by atoms with Crippen LogP contribution in [0.2, 0.25) is 0 Å². The van der Waals surface area contributed by atoms with Crippen LogP contribution in [0.4, 0.5) is 0 Å². The molecule has 0 bridgehead atoms. The summed E-state index contributed by atoms with van der Waals surface area (Å²) < 4.78 is 2.24. The second-order valence-electron chi connectivity index (χ2n) is 3.04. The van der Waals surface area contributed by atoms with Crippen molar-refractivity contribution in [3.8, 4) is 0 Å². The van der Waals surface area contributed by atoms with Crippen molar-refractivity contribution in [2.24, 2.45) is 0 Å². The van der Waals surface area contributed by atoms with E-state index in [0.29, 0.717) is 0 Å². The number of hydrogen-bond donors (Lipinski definition) is 0. The molecule has 0 fully saturated rings. The zero-order chi connectivity index (χ0) is 10.2. The van der Waals surface area contributed by atoms with Crippen LogP contribution in [0.25, 0.3) is 0 Å². The van der Waals surface area contributed by atoms with E-state index in [9.17, 15) is 0 Å². The minimum atomic E-state index is 0.899. The lowest BCUT2D eigenvalue weighted by Gasteiger charge is -2.00. The highest BCUT2D eigenvalue weighted by Crippen LogP contribution is 2.01. The second kappa shape index (κ2) is 6.44. The molecular formula is C12H16NS+. The molecule has 0 atom stereocenters. The van der Waals surface area contributed by atoms with Crippen molar-refractivity contribution in [1.82, 2.24) is 0 Å². The predicted octanol–water partition coefficient (Wildman–Crippen LogP) is 2.78. The summed E-state index contributed by atoms with van der Waals surface area (Å²) in [6.45, 7) is 5.60. The maximum absolute atomic E-state index is 3.75. The molecule has 1 aromatic rings. The van der Waals surface area contributed by atoms with Crippen LogP contribution < -0.4 is 0 Å². The Morgan fingerprint density at radius 2 is 2.07 bits per heavy atom. The highest BCUT2D eigenvalue weighted by molar-refractivity contribution is 8.11. The van der Waals surface area contributed by atoms with Gasteiger partial charge >= 0.3 is 0 Å². The van der Waals surface area contributed by atoms with E-state index in [0.717, 1.165) is 13.1 Å². The summed E-state index contributed by atoms with van der Waals surface area (Å²) in [5.74, 6) is 0. The molecule has 0 saturated carbocycles. The molecule has 0 amide bonds. The summed E-state index contributed by atoms with van der Waals surface area (Å²) in [5, 5.41) is 0. The molecule has 0 unspecified atom stereocenters. The lowest BCUT2D eigenvalue weighted by Crippen LogP contribution is -2.11. The zero-order valence-electron chi connectivity index (χ0n) is 8.52. The number of hydrogen-bond acceptors (Lipinski definition) is 1. The summed E-state index contributed by atoms with van der Waals surface area (Å²) in [4.78, 5) is 0. The molecule has 0 aliphatic heterocycles. The normalized spacial score (nSPS) is 11.4. The van der Waals surface area contributed by atoms with Crippen LogP contribution in [-0.2, 0) is 6.54 Å². The van der Waals surface area contributed by atoms with Crippen LogP contribution in [0, 0.1) is 0 Å². The molecule has 1 nitrogen and oxygen atoms in total. The molecule has 0 N–H and O–H groups in total. The fourth-order valence-corrected chi connectivity index (χ4v) is 1.74. The molecule has 0 aliphatic carbocycles. The summed E-state index contributed by atoms with van der Waals surface area (Å²) in [5.41, 5.74) is 3.47. The lowest BCUT2D eigenvalue weighted by atomic mass is 10.2. The van der Waals surface area contributed by atoms with Gasteiger partial charge in [0.25, 0.3) is 0 Å². The average Bonchev–Trinajstić information content (AvgIpc) is 2.20. The monoisotopic (exact) mass is 206 g/mol. The van der Waals surface area contributed by atoms with E-state index < -0.39 is 0 Å². The van der Waals surface area contributed by atoms with E-state index in [2.05, 4.69) is 47.2 Å². The Balaban J connectivity index is 2.65. The summed E-state index contributed by atoms with van der Waals surface area (Å²) in [6.07, 6.45) is 4.00. The number of nitrogens with zero attached hydrogens (tertiary/aromatic N) is 1. The van der Waals surface area contributed by atoms with Crippen LogP contribution in [0.1, 0.15) is 5.56 Å². The van der Waals surface area contributed by atoms with Gasteiger partial charge in [0, 0.05) is 5.56 Å². The van der Waals surface area contributed by atoms with Gasteiger partial charge in [-0.15, -0.1) is 0 Å². The third-order valence-corrected chi connectivity index (χ3v) is 2.36. The van der Waals surface area contributed by atoms with E-state index in [-0.39, 0.29) is 0 Å². The molecule has 0 saturated heterocycles. The molecule has 0 aliphatic rings. The van der Waals surface area contributed by atoms with E-state index in [1.807, 2.05) is 12.1 Å². The Bertz CT molecular complexity index is 303. The number of rotatable bonds is 5. The predicted molar refractivity (Wildman–Crippen MR) is 65.0 cm³/mol. The van der Waals surface area contributed by atoms with Crippen molar-refractivity contribution in [2.45, 2.75) is 6.54 Å². The topological polar surface area (TPSA) is 3.01 Å². The maximum atomic E-state index is 3.75. The van der Waals surface area contributed by atoms with Crippen molar-refractivity contribution in [3.63, 3.8) is 0 Å². The van der Waals surface area contributed by atoms with Gasteiger partial charge in [-0.05, 0) is 12.3 Å². The van der Waals surface area contributed by atoms with Crippen LogP contribution in [0.15, 0.2) is 43.0 Å². The first-order chi connectivity index (χ1) is 6.86. The van der Waals surface area contributed by atoms with E-state index >= 15 is 0 Å². The fourth-order valence-electron chi connectivity index (χ4n) is 1.28. The Labute approximate surface area is 90.2 Å². The molecule has 1 rings (SSSR count). The molecule has 0 heterocycles. The Morgan fingerprint density at radius 3 is 2.64 bits per heavy atom. The second-order valence-corrected chi connectivity index (χ2v) is 3.73. The van der Waals surface area contributed by atoms with Gasteiger partial charge in [-0.3, -0.25) is 0 Å². The standard InChI is InChI=1S/C12H16NS/c1-3-9-13(11-14-2)10-12-7-5-4-6-8-12/h3-8,11H,1,9-10H2,2H3/q+1.